The van der Waals surface area contributed by atoms with Crippen molar-refractivity contribution in [3.05, 3.63) is 42.2 Å². The summed E-state index contributed by atoms with van der Waals surface area (Å²) in [5.41, 5.74) is 5.62. The Kier molecular flexibility index (Phi) is 7.43. The molecule has 31 heavy (non-hydrogen) atoms. The Hall–Kier alpha value is -3.36. The number of hydrogen-bond donors (Lipinski definition) is 2. The van der Waals surface area contributed by atoms with Crippen LogP contribution in [0.25, 0.3) is 0 Å². The molecule has 0 saturated carbocycles. The second kappa shape index (κ2) is 9.63. The number of nitrogens with zero attached hydrogens (tertiary/aromatic N) is 3. The van der Waals surface area contributed by atoms with Crippen LogP contribution in [-0.4, -0.2) is 39.9 Å². The topological polar surface area (TPSA) is 120 Å². The van der Waals surface area contributed by atoms with E-state index in [2.05, 4.69) is 15.3 Å². The number of hydrogen-bond acceptors (Lipinski definition) is 7. The van der Waals surface area contributed by atoms with E-state index in [0.29, 0.717) is 29.4 Å². The third-order valence-corrected chi connectivity index (χ3v) is 3.69. The van der Waals surface area contributed by atoms with Crippen LogP contribution in [-0.2, 0) is 15.9 Å². The van der Waals surface area contributed by atoms with Gasteiger partial charge in [-0.3, -0.25) is 10.2 Å². The zero-order chi connectivity index (χ0) is 23.2. The van der Waals surface area contributed by atoms with Gasteiger partial charge in [-0.2, -0.15) is 0 Å². The minimum atomic E-state index is -0.654. The second-order valence-corrected chi connectivity index (χ2v) is 8.97. The molecule has 0 atom stereocenters. The Bertz CT molecular complexity index is 901. The normalized spacial score (nSPS) is 11.5. The van der Waals surface area contributed by atoms with Gasteiger partial charge in [-0.15, -0.1) is 0 Å². The van der Waals surface area contributed by atoms with Gasteiger partial charge in [0, 0.05) is 18.7 Å². The number of nitrogens with two attached hydrogens (primary N) is 1. The van der Waals surface area contributed by atoms with E-state index < -0.39 is 23.4 Å². The molecule has 0 bridgehead atoms. The zero-order valence-electron chi connectivity index (χ0n) is 18.9. The van der Waals surface area contributed by atoms with Crippen molar-refractivity contribution < 1.29 is 19.1 Å². The number of nitrogens with one attached hydrogen (secondary N) is 1. The molecule has 168 valence electrons. The first-order valence-corrected chi connectivity index (χ1v) is 10.0. The molecular formula is C22H31N5O4. The van der Waals surface area contributed by atoms with Crippen molar-refractivity contribution in [3.8, 4) is 0 Å². The summed E-state index contributed by atoms with van der Waals surface area (Å²) in [7, 11) is 0. The van der Waals surface area contributed by atoms with E-state index in [1.807, 2.05) is 6.07 Å². The Balaban J connectivity index is 2.13. The number of carbonyl (C=O) groups is 2. The Labute approximate surface area is 183 Å². The lowest BCUT2D eigenvalue weighted by Crippen LogP contribution is -2.38. The lowest BCUT2D eigenvalue weighted by Gasteiger charge is -2.26. The molecular weight excluding hydrogens is 398 g/mol. The van der Waals surface area contributed by atoms with Gasteiger partial charge in [0.2, 0.25) is 0 Å². The van der Waals surface area contributed by atoms with E-state index in [1.54, 1.807) is 65.8 Å². The summed E-state index contributed by atoms with van der Waals surface area (Å²) < 4.78 is 10.8. The Morgan fingerprint density at radius 3 is 2.29 bits per heavy atom. The maximum absolute atomic E-state index is 12.7. The van der Waals surface area contributed by atoms with Crippen molar-refractivity contribution in [2.24, 2.45) is 0 Å². The van der Waals surface area contributed by atoms with Gasteiger partial charge in [-0.25, -0.2) is 19.6 Å². The van der Waals surface area contributed by atoms with E-state index in [-0.39, 0.29) is 6.54 Å². The lowest BCUT2D eigenvalue weighted by molar-refractivity contribution is 0.0577. The summed E-state index contributed by atoms with van der Waals surface area (Å²) in [5.74, 6) is 0.785. The van der Waals surface area contributed by atoms with Gasteiger partial charge < -0.3 is 15.2 Å². The zero-order valence-corrected chi connectivity index (χ0v) is 18.9. The molecule has 0 aliphatic carbocycles. The molecule has 0 aliphatic heterocycles. The summed E-state index contributed by atoms with van der Waals surface area (Å²) in [6.45, 7) is 11.0. The molecule has 9 heteroatoms. The van der Waals surface area contributed by atoms with Crippen molar-refractivity contribution in [2.75, 3.05) is 22.5 Å². The number of pyridine rings is 2. The van der Waals surface area contributed by atoms with Crippen molar-refractivity contribution in [1.29, 1.82) is 0 Å². The fraction of sp³-hybridized carbons (Fsp3) is 0.455. The van der Waals surface area contributed by atoms with Crippen molar-refractivity contribution in [3.63, 3.8) is 0 Å². The van der Waals surface area contributed by atoms with Crippen molar-refractivity contribution >= 4 is 29.5 Å². The van der Waals surface area contributed by atoms with Crippen molar-refractivity contribution in [2.45, 2.75) is 59.2 Å². The van der Waals surface area contributed by atoms with Gasteiger partial charge in [0.25, 0.3) is 0 Å². The van der Waals surface area contributed by atoms with Gasteiger partial charge in [-0.05, 0) is 65.8 Å². The van der Waals surface area contributed by atoms with Gasteiger partial charge in [0.15, 0.2) is 0 Å². The van der Waals surface area contributed by atoms with Crippen LogP contribution >= 0.6 is 0 Å². The van der Waals surface area contributed by atoms with Crippen LogP contribution in [0.5, 0.6) is 0 Å². The van der Waals surface area contributed by atoms with Gasteiger partial charge >= 0.3 is 12.2 Å². The minimum absolute atomic E-state index is 0.273. The van der Waals surface area contributed by atoms with Gasteiger partial charge in [0.1, 0.15) is 22.8 Å². The highest BCUT2D eigenvalue weighted by atomic mass is 16.6. The first-order chi connectivity index (χ1) is 14.3. The highest BCUT2D eigenvalue weighted by Crippen LogP contribution is 2.18. The largest absolute Gasteiger partial charge is 0.444 e. The summed E-state index contributed by atoms with van der Waals surface area (Å²) >= 11 is 0. The summed E-state index contributed by atoms with van der Waals surface area (Å²) in [6, 6.07) is 8.58. The first-order valence-electron chi connectivity index (χ1n) is 10.0. The molecule has 2 aromatic rings. The number of anilines is 3. The van der Waals surface area contributed by atoms with Crippen LogP contribution in [0, 0.1) is 0 Å². The molecule has 2 rings (SSSR count). The van der Waals surface area contributed by atoms with E-state index in [4.69, 9.17) is 15.2 Å². The number of amides is 2. The molecule has 3 N–H and O–H groups in total. The molecule has 0 unspecified atom stereocenters. The lowest BCUT2D eigenvalue weighted by atomic mass is 10.2. The van der Waals surface area contributed by atoms with E-state index in [0.717, 1.165) is 0 Å². The molecule has 9 nitrogen and oxygen atoms in total. The number of aromatic nitrogens is 2. The smallest absolute Gasteiger partial charge is 0.416 e. The minimum Gasteiger partial charge on any atom is -0.444 e. The maximum Gasteiger partial charge on any atom is 0.416 e. The number of carbonyl (C=O) groups excluding carboxylic acids is 2. The van der Waals surface area contributed by atoms with Crippen LogP contribution < -0.4 is 16.0 Å². The predicted octanol–water partition coefficient (Wildman–Crippen LogP) is 4.39. The maximum atomic E-state index is 12.7. The molecule has 0 aromatic carbocycles. The molecule has 2 amide bonds. The number of rotatable bonds is 5. The van der Waals surface area contributed by atoms with E-state index in [9.17, 15) is 9.59 Å². The number of ether oxygens (including phenoxy) is 2. The summed E-state index contributed by atoms with van der Waals surface area (Å²) in [4.78, 5) is 34.8. The molecule has 0 fully saturated rings. The van der Waals surface area contributed by atoms with Crippen LogP contribution in [0.4, 0.5) is 26.9 Å². The highest BCUT2D eigenvalue weighted by molar-refractivity contribution is 5.87. The molecule has 2 heterocycles. The van der Waals surface area contributed by atoms with Crippen LogP contribution in [0.1, 0.15) is 47.2 Å². The van der Waals surface area contributed by atoms with Crippen LogP contribution in [0.3, 0.4) is 0 Å². The SMILES string of the molecule is CC(C)(C)OC(=O)Nc1cccc(CCN(C(=O)OC(C)(C)C)c2ccc(N)cn2)n1. The fourth-order valence-electron chi connectivity index (χ4n) is 2.50. The Morgan fingerprint density at radius 2 is 1.71 bits per heavy atom. The number of nitrogen functional groups attached to an aromatic ring is 1. The molecule has 0 aliphatic rings. The quantitative estimate of drug-likeness (QED) is 0.723. The standard InChI is InChI=1S/C22H31N5O4/c1-21(2,3)30-19(28)26-17-9-7-8-16(25-17)12-13-27(20(29)31-22(4,5)6)18-11-10-15(23)14-24-18/h7-11,14H,12-13,23H2,1-6H3,(H,25,26,28). The average Bonchev–Trinajstić information content (AvgIpc) is 2.60. The average molecular weight is 430 g/mol. The van der Waals surface area contributed by atoms with Gasteiger partial charge in [0.05, 0.1) is 11.9 Å². The third kappa shape index (κ3) is 8.49. The Morgan fingerprint density at radius 1 is 1.03 bits per heavy atom. The highest BCUT2D eigenvalue weighted by Gasteiger charge is 2.24. The molecule has 0 radical (unpaired) electrons. The monoisotopic (exact) mass is 429 g/mol. The molecule has 2 aromatic heterocycles. The molecule has 0 spiro atoms. The molecule has 0 saturated heterocycles. The fourth-order valence-corrected chi connectivity index (χ4v) is 2.50. The van der Waals surface area contributed by atoms with E-state index in [1.165, 1.54) is 11.1 Å². The summed E-state index contributed by atoms with van der Waals surface area (Å²) in [6.07, 6.45) is 0.789. The summed E-state index contributed by atoms with van der Waals surface area (Å²) in [5, 5.41) is 2.61. The third-order valence-electron chi connectivity index (χ3n) is 3.69. The second-order valence-electron chi connectivity index (χ2n) is 8.97. The van der Waals surface area contributed by atoms with Gasteiger partial charge in [-0.1, -0.05) is 6.07 Å². The van der Waals surface area contributed by atoms with Crippen LogP contribution in [0.15, 0.2) is 36.5 Å². The van der Waals surface area contributed by atoms with E-state index >= 15 is 0 Å². The first kappa shape index (κ1) is 23.9. The predicted molar refractivity (Wildman–Crippen MR) is 120 cm³/mol. The van der Waals surface area contributed by atoms with Crippen LogP contribution in [0.2, 0.25) is 0 Å². The van der Waals surface area contributed by atoms with Crippen molar-refractivity contribution in [1.82, 2.24) is 9.97 Å².